The van der Waals surface area contributed by atoms with E-state index in [9.17, 15) is 14.7 Å². The molecule has 0 fully saturated rings. The van der Waals surface area contributed by atoms with E-state index in [0.29, 0.717) is 10.6 Å². The van der Waals surface area contributed by atoms with Gasteiger partial charge in [-0.25, -0.2) is 4.79 Å². The fraction of sp³-hybridized carbons (Fsp3) is 0.0909. The molecule has 88 valence electrons. The summed E-state index contributed by atoms with van der Waals surface area (Å²) < 4.78 is 0. The summed E-state index contributed by atoms with van der Waals surface area (Å²) in [5.74, 6) is -0.432. The average Bonchev–Trinajstić information content (AvgIpc) is 2.25. The van der Waals surface area contributed by atoms with Crippen molar-refractivity contribution in [2.24, 2.45) is 0 Å². The molecule has 2 rings (SSSR count). The standard InChI is InChI=1S/C11H9ClN2O3/c12-8-4-2-1-3-6(8)5-7-9(15)13-11(17)14-10(7)16/h1-4H,5H2,(H3,13,14,15,16,17). The molecule has 1 heterocycles. The zero-order valence-electron chi connectivity index (χ0n) is 8.66. The third kappa shape index (κ3) is 2.39. The first-order valence-corrected chi connectivity index (χ1v) is 5.23. The highest BCUT2D eigenvalue weighted by molar-refractivity contribution is 6.31. The van der Waals surface area contributed by atoms with Gasteiger partial charge in [-0.1, -0.05) is 29.8 Å². The minimum Gasteiger partial charge on any atom is -0.494 e. The number of aromatic hydroxyl groups is 1. The van der Waals surface area contributed by atoms with Crippen LogP contribution < -0.4 is 11.2 Å². The summed E-state index contributed by atoms with van der Waals surface area (Å²) in [5.41, 5.74) is -0.582. The molecule has 0 radical (unpaired) electrons. The van der Waals surface area contributed by atoms with Gasteiger partial charge in [0.2, 0.25) is 5.88 Å². The second-order valence-electron chi connectivity index (χ2n) is 3.50. The average molecular weight is 253 g/mol. The molecule has 0 saturated heterocycles. The van der Waals surface area contributed by atoms with E-state index in [-0.39, 0.29) is 12.0 Å². The molecule has 1 aromatic carbocycles. The number of benzene rings is 1. The molecule has 0 aliphatic carbocycles. The van der Waals surface area contributed by atoms with Crippen molar-refractivity contribution < 1.29 is 5.11 Å². The van der Waals surface area contributed by atoms with E-state index in [0.717, 1.165) is 0 Å². The Morgan fingerprint density at radius 3 is 2.53 bits per heavy atom. The van der Waals surface area contributed by atoms with Gasteiger partial charge < -0.3 is 5.11 Å². The van der Waals surface area contributed by atoms with Crippen molar-refractivity contribution in [1.82, 2.24) is 9.97 Å². The Labute approximate surface area is 101 Å². The van der Waals surface area contributed by atoms with Gasteiger partial charge in [-0.05, 0) is 11.6 Å². The second kappa shape index (κ2) is 4.47. The van der Waals surface area contributed by atoms with E-state index < -0.39 is 17.1 Å². The van der Waals surface area contributed by atoms with Crippen molar-refractivity contribution in [2.75, 3.05) is 0 Å². The van der Waals surface area contributed by atoms with Crippen LogP contribution >= 0.6 is 11.6 Å². The van der Waals surface area contributed by atoms with Gasteiger partial charge in [-0.3, -0.25) is 14.8 Å². The molecule has 0 amide bonds. The number of aromatic amines is 2. The highest BCUT2D eigenvalue weighted by Crippen LogP contribution is 2.19. The lowest BCUT2D eigenvalue weighted by Crippen LogP contribution is -2.25. The Kier molecular flexibility index (Phi) is 3.01. The van der Waals surface area contributed by atoms with Crippen LogP contribution in [0, 0.1) is 0 Å². The predicted octanol–water partition coefficient (Wildman–Crippen LogP) is 1.01. The molecule has 17 heavy (non-hydrogen) atoms. The van der Waals surface area contributed by atoms with Gasteiger partial charge in [-0.2, -0.15) is 0 Å². The van der Waals surface area contributed by atoms with E-state index in [1.807, 2.05) is 4.98 Å². The molecule has 1 aromatic heterocycles. The molecule has 0 bridgehead atoms. The van der Waals surface area contributed by atoms with Crippen LogP contribution in [-0.4, -0.2) is 15.1 Å². The fourth-order valence-corrected chi connectivity index (χ4v) is 1.70. The Hall–Kier alpha value is -2.01. The van der Waals surface area contributed by atoms with Crippen LogP contribution in [0.25, 0.3) is 0 Å². The van der Waals surface area contributed by atoms with Gasteiger partial charge in [0.1, 0.15) is 0 Å². The summed E-state index contributed by atoms with van der Waals surface area (Å²) in [6.45, 7) is 0. The van der Waals surface area contributed by atoms with E-state index in [4.69, 9.17) is 11.6 Å². The summed E-state index contributed by atoms with van der Waals surface area (Å²) in [4.78, 5) is 26.6. The smallest absolute Gasteiger partial charge is 0.328 e. The molecule has 0 spiro atoms. The molecule has 0 unspecified atom stereocenters. The number of nitrogens with one attached hydrogen (secondary N) is 2. The lowest BCUT2D eigenvalue weighted by molar-refractivity contribution is 0.441. The highest BCUT2D eigenvalue weighted by atomic mass is 35.5. The van der Waals surface area contributed by atoms with Gasteiger partial charge >= 0.3 is 5.69 Å². The Morgan fingerprint density at radius 1 is 1.18 bits per heavy atom. The lowest BCUT2D eigenvalue weighted by Gasteiger charge is -2.04. The summed E-state index contributed by atoms with van der Waals surface area (Å²) in [5, 5.41) is 10.0. The molecule has 6 heteroatoms. The minimum atomic E-state index is -0.740. The van der Waals surface area contributed by atoms with Crippen molar-refractivity contribution in [3.8, 4) is 5.88 Å². The third-order valence-corrected chi connectivity index (χ3v) is 2.71. The second-order valence-corrected chi connectivity index (χ2v) is 3.91. The summed E-state index contributed by atoms with van der Waals surface area (Å²) in [6, 6.07) is 6.97. The van der Waals surface area contributed by atoms with Gasteiger partial charge in [0, 0.05) is 11.4 Å². The fourth-order valence-electron chi connectivity index (χ4n) is 1.50. The first-order valence-electron chi connectivity index (χ1n) is 4.86. The maximum atomic E-state index is 11.5. The molecular weight excluding hydrogens is 244 g/mol. The van der Waals surface area contributed by atoms with Crippen molar-refractivity contribution in [1.29, 1.82) is 0 Å². The van der Waals surface area contributed by atoms with Crippen LogP contribution in [0.5, 0.6) is 5.88 Å². The lowest BCUT2D eigenvalue weighted by atomic mass is 10.1. The number of hydrogen-bond acceptors (Lipinski definition) is 3. The van der Waals surface area contributed by atoms with Crippen LogP contribution in [0.2, 0.25) is 5.02 Å². The number of halogens is 1. The summed E-state index contributed by atoms with van der Waals surface area (Å²) >= 11 is 5.94. The van der Waals surface area contributed by atoms with Crippen molar-refractivity contribution >= 4 is 11.6 Å². The van der Waals surface area contributed by atoms with Crippen LogP contribution in [0.3, 0.4) is 0 Å². The molecular formula is C11H9ClN2O3. The highest BCUT2D eigenvalue weighted by Gasteiger charge is 2.10. The number of H-pyrrole nitrogens is 2. The third-order valence-electron chi connectivity index (χ3n) is 2.34. The Morgan fingerprint density at radius 2 is 1.88 bits per heavy atom. The van der Waals surface area contributed by atoms with Crippen LogP contribution in [0.1, 0.15) is 11.1 Å². The van der Waals surface area contributed by atoms with E-state index in [1.54, 1.807) is 24.3 Å². The normalized spacial score (nSPS) is 10.4. The minimum absolute atomic E-state index is 0.0812. The molecule has 5 nitrogen and oxygen atoms in total. The molecule has 0 aliphatic heterocycles. The van der Waals surface area contributed by atoms with Gasteiger partial charge in [0.15, 0.2) is 0 Å². The molecule has 2 aromatic rings. The van der Waals surface area contributed by atoms with Crippen LogP contribution in [-0.2, 0) is 6.42 Å². The zero-order valence-corrected chi connectivity index (χ0v) is 9.41. The van der Waals surface area contributed by atoms with Crippen LogP contribution in [0.15, 0.2) is 33.9 Å². The maximum Gasteiger partial charge on any atom is 0.328 e. The van der Waals surface area contributed by atoms with Gasteiger partial charge in [0.25, 0.3) is 5.56 Å². The van der Waals surface area contributed by atoms with E-state index in [2.05, 4.69) is 4.98 Å². The largest absolute Gasteiger partial charge is 0.494 e. The number of hydrogen-bond donors (Lipinski definition) is 3. The van der Waals surface area contributed by atoms with Crippen molar-refractivity contribution in [3.63, 3.8) is 0 Å². The molecule has 0 aliphatic rings. The monoisotopic (exact) mass is 252 g/mol. The van der Waals surface area contributed by atoms with Gasteiger partial charge in [-0.15, -0.1) is 0 Å². The summed E-state index contributed by atoms with van der Waals surface area (Å²) in [6.07, 6.45) is 0.150. The van der Waals surface area contributed by atoms with Crippen LogP contribution in [0.4, 0.5) is 0 Å². The van der Waals surface area contributed by atoms with E-state index >= 15 is 0 Å². The number of rotatable bonds is 2. The number of aromatic nitrogens is 2. The molecule has 0 saturated carbocycles. The van der Waals surface area contributed by atoms with E-state index in [1.165, 1.54) is 0 Å². The van der Waals surface area contributed by atoms with Crippen molar-refractivity contribution in [3.05, 3.63) is 61.3 Å². The van der Waals surface area contributed by atoms with Crippen molar-refractivity contribution in [2.45, 2.75) is 6.42 Å². The zero-order chi connectivity index (χ0) is 12.4. The Bertz CT molecular complexity index is 660. The first kappa shape index (κ1) is 11.5. The quantitative estimate of drug-likeness (QED) is 0.746. The molecule has 3 N–H and O–H groups in total. The van der Waals surface area contributed by atoms with Gasteiger partial charge in [0.05, 0.1) is 5.56 Å². The Balaban J connectivity index is 2.48. The summed E-state index contributed by atoms with van der Waals surface area (Å²) in [7, 11) is 0. The first-order chi connectivity index (χ1) is 8.08. The SMILES string of the molecule is O=c1[nH]c(O)c(Cc2ccccc2Cl)c(=O)[nH]1. The molecule has 0 atom stereocenters. The maximum absolute atomic E-state index is 11.5. The predicted molar refractivity (Wildman–Crippen MR) is 63.6 cm³/mol. The topological polar surface area (TPSA) is 85.9 Å².